The van der Waals surface area contributed by atoms with Crippen molar-refractivity contribution in [2.75, 3.05) is 18.1 Å². The summed E-state index contributed by atoms with van der Waals surface area (Å²) in [5, 5.41) is 1.93. The molecule has 1 aromatic heterocycles. The molecular weight excluding hydrogens is 390 g/mol. The molecule has 4 rings (SSSR count). The Morgan fingerprint density at radius 3 is 2.69 bits per heavy atom. The lowest BCUT2D eigenvalue weighted by Crippen LogP contribution is -2.48. The summed E-state index contributed by atoms with van der Waals surface area (Å²) in [6.07, 6.45) is 1.25. The van der Waals surface area contributed by atoms with Crippen molar-refractivity contribution in [2.24, 2.45) is 0 Å². The highest BCUT2D eigenvalue weighted by atomic mass is 32.2. The van der Waals surface area contributed by atoms with Gasteiger partial charge < -0.3 is 14.1 Å². The number of carbonyl (C=O) groups excluding carboxylic acids is 1. The third-order valence-electron chi connectivity index (χ3n) is 5.67. The van der Waals surface area contributed by atoms with Gasteiger partial charge >= 0.3 is 0 Å². The maximum Gasteiger partial charge on any atom is 0.261 e. The van der Waals surface area contributed by atoms with Gasteiger partial charge in [-0.15, -0.1) is 0 Å². The minimum atomic E-state index is -3.07. The van der Waals surface area contributed by atoms with Crippen LogP contribution >= 0.6 is 0 Å². The molecule has 0 saturated carbocycles. The van der Waals surface area contributed by atoms with E-state index in [0.29, 0.717) is 12.2 Å². The van der Waals surface area contributed by atoms with Gasteiger partial charge in [0.1, 0.15) is 16.9 Å². The molecule has 3 aromatic rings. The fourth-order valence-corrected chi connectivity index (χ4v) is 5.73. The van der Waals surface area contributed by atoms with Crippen LogP contribution in [0.4, 0.5) is 0 Å². The van der Waals surface area contributed by atoms with Crippen molar-refractivity contribution >= 4 is 37.7 Å². The summed E-state index contributed by atoms with van der Waals surface area (Å²) in [5.74, 6) is 0.582. The molecule has 1 aliphatic heterocycles. The van der Waals surface area contributed by atoms with Gasteiger partial charge in [0.2, 0.25) is 0 Å². The average molecular weight is 416 g/mol. The van der Waals surface area contributed by atoms with Crippen LogP contribution in [0.1, 0.15) is 26.7 Å². The topological polar surface area (TPSA) is 76.8 Å². The largest absolute Gasteiger partial charge is 0.484 e. The number of sulfone groups is 1. The molecule has 0 radical (unpaired) electrons. The van der Waals surface area contributed by atoms with E-state index in [9.17, 15) is 13.2 Å². The molecule has 1 saturated heterocycles. The molecule has 2 heterocycles. The molecule has 2 aromatic carbocycles. The number of carbonyl (C=O) groups is 1. The van der Waals surface area contributed by atoms with E-state index in [4.69, 9.17) is 9.15 Å². The Morgan fingerprint density at radius 1 is 1.21 bits per heavy atom. The maximum atomic E-state index is 12.9. The van der Waals surface area contributed by atoms with Crippen LogP contribution in [0.3, 0.4) is 0 Å². The molecule has 154 valence electrons. The minimum absolute atomic E-state index is 0.0373. The second-order valence-corrected chi connectivity index (χ2v) is 9.89. The highest BCUT2D eigenvalue weighted by Crippen LogP contribution is 2.31. The molecule has 1 aliphatic rings. The Labute approximate surface area is 170 Å². The van der Waals surface area contributed by atoms with Gasteiger partial charge in [-0.25, -0.2) is 8.42 Å². The molecule has 29 heavy (non-hydrogen) atoms. The summed E-state index contributed by atoms with van der Waals surface area (Å²) in [6, 6.07) is 13.0. The van der Waals surface area contributed by atoms with Crippen LogP contribution in [0.25, 0.3) is 21.9 Å². The van der Waals surface area contributed by atoms with Crippen LogP contribution < -0.4 is 4.74 Å². The van der Waals surface area contributed by atoms with Gasteiger partial charge in [0.15, 0.2) is 16.4 Å². The molecule has 1 fully saturated rings. The number of hydrogen-bond donors (Lipinski definition) is 0. The van der Waals surface area contributed by atoms with E-state index in [1.807, 2.05) is 50.2 Å². The Balaban J connectivity index is 1.52. The summed E-state index contributed by atoms with van der Waals surface area (Å²) >= 11 is 0. The quantitative estimate of drug-likeness (QED) is 0.612. The maximum absolute atomic E-state index is 12.9. The Hall–Kier alpha value is -2.54. The normalized spacial score (nSPS) is 19.4. The summed E-state index contributed by atoms with van der Waals surface area (Å²) in [6.45, 7) is 3.82. The number of amides is 1. The monoisotopic (exact) mass is 415 g/mol. The van der Waals surface area contributed by atoms with Crippen molar-refractivity contribution in [2.45, 2.75) is 38.8 Å². The van der Waals surface area contributed by atoms with Gasteiger partial charge in [0.05, 0.1) is 11.5 Å². The van der Waals surface area contributed by atoms with Gasteiger partial charge in [-0.05, 0) is 44.0 Å². The smallest absolute Gasteiger partial charge is 0.261 e. The molecular formula is C22H25NO5S. The third-order valence-corrected chi connectivity index (χ3v) is 7.42. The molecule has 0 spiro atoms. The van der Waals surface area contributed by atoms with Crippen LogP contribution in [0.15, 0.2) is 46.9 Å². The van der Waals surface area contributed by atoms with Gasteiger partial charge in [-0.3, -0.25) is 4.79 Å². The van der Waals surface area contributed by atoms with E-state index >= 15 is 0 Å². The van der Waals surface area contributed by atoms with Gasteiger partial charge in [0, 0.05) is 22.9 Å². The van der Waals surface area contributed by atoms with Crippen molar-refractivity contribution < 1.29 is 22.4 Å². The first-order valence-corrected chi connectivity index (χ1v) is 11.8. The van der Waals surface area contributed by atoms with Gasteiger partial charge in [-0.1, -0.05) is 25.1 Å². The van der Waals surface area contributed by atoms with Crippen molar-refractivity contribution in [1.82, 2.24) is 4.90 Å². The number of benzene rings is 2. The number of rotatable bonds is 6. The third kappa shape index (κ3) is 3.96. The predicted octanol–water partition coefficient (Wildman–Crippen LogP) is 3.78. The summed E-state index contributed by atoms with van der Waals surface area (Å²) < 4.78 is 35.4. The number of fused-ring (bicyclic) bond motifs is 3. The molecule has 2 atom stereocenters. The summed E-state index contributed by atoms with van der Waals surface area (Å²) in [7, 11) is -3.07. The molecule has 0 aliphatic carbocycles. The molecule has 1 amide bonds. The minimum Gasteiger partial charge on any atom is -0.484 e. The predicted molar refractivity (Wildman–Crippen MR) is 113 cm³/mol. The average Bonchev–Trinajstić information content (AvgIpc) is 3.25. The van der Waals surface area contributed by atoms with Crippen LogP contribution in [-0.2, 0) is 14.6 Å². The highest BCUT2D eigenvalue weighted by Gasteiger charge is 2.36. The molecule has 0 N–H and O–H groups in total. The zero-order valence-corrected chi connectivity index (χ0v) is 17.4. The van der Waals surface area contributed by atoms with Crippen LogP contribution in [-0.4, -0.2) is 49.4 Å². The van der Waals surface area contributed by atoms with Crippen molar-refractivity contribution in [1.29, 1.82) is 0 Å². The lowest BCUT2D eigenvalue weighted by atomic mass is 10.1. The number of nitrogens with zero attached hydrogens (tertiary/aromatic N) is 1. The highest BCUT2D eigenvalue weighted by molar-refractivity contribution is 7.91. The number of furan rings is 1. The first kappa shape index (κ1) is 19.8. The summed E-state index contributed by atoms with van der Waals surface area (Å²) in [4.78, 5) is 14.6. The molecule has 0 unspecified atom stereocenters. The van der Waals surface area contributed by atoms with E-state index in [0.717, 1.165) is 28.4 Å². The zero-order valence-electron chi connectivity index (χ0n) is 16.6. The van der Waals surface area contributed by atoms with E-state index in [1.165, 1.54) is 0 Å². The Kier molecular flexibility index (Phi) is 5.25. The van der Waals surface area contributed by atoms with Crippen LogP contribution in [0.2, 0.25) is 0 Å². The van der Waals surface area contributed by atoms with E-state index in [2.05, 4.69) is 0 Å². The lowest BCUT2D eigenvalue weighted by Gasteiger charge is -2.33. The zero-order chi connectivity index (χ0) is 20.6. The van der Waals surface area contributed by atoms with Crippen molar-refractivity contribution in [3.8, 4) is 5.75 Å². The second kappa shape index (κ2) is 7.71. The van der Waals surface area contributed by atoms with Gasteiger partial charge in [0.25, 0.3) is 5.91 Å². The first-order valence-electron chi connectivity index (χ1n) is 9.93. The van der Waals surface area contributed by atoms with Crippen molar-refractivity contribution in [3.05, 3.63) is 42.5 Å². The molecule has 7 heteroatoms. The fraction of sp³-hybridized carbons (Fsp3) is 0.409. The Bertz CT molecular complexity index is 1150. The standard InChI is InChI=1S/C22H25NO5S/c1-3-15(2)23(16-10-11-29(25,26)14-16)22(24)13-27-17-8-9-21-19(12-17)18-6-4-5-7-20(18)28-21/h4-9,12,15-16H,3,10-11,13-14H2,1-2H3/t15-,16+/m1/s1. The molecule has 0 bridgehead atoms. The number of hydrogen-bond acceptors (Lipinski definition) is 5. The number of ether oxygens (including phenoxy) is 1. The van der Waals surface area contributed by atoms with E-state index in [1.54, 1.807) is 11.0 Å². The van der Waals surface area contributed by atoms with E-state index in [-0.39, 0.29) is 36.1 Å². The lowest BCUT2D eigenvalue weighted by molar-refractivity contribution is -0.137. The van der Waals surface area contributed by atoms with Crippen molar-refractivity contribution in [3.63, 3.8) is 0 Å². The molecule has 6 nitrogen and oxygen atoms in total. The van der Waals surface area contributed by atoms with Gasteiger partial charge in [-0.2, -0.15) is 0 Å². The number of para-hydroxylation sites is 1. The van der Waals surface area contributed by atoms with Crippen LogP contribution in [0.5, 0.6) is 5.75 Å². The Morgan fingerprint density at radius 2 is 1.97 bits per heavy atom. The first-order chi connectivity index (χ1) is 13.9. The fourth-order valence-electron chi connectivity index (χ4n) is 4.02. The van der Waals surface area contributed by atoms with Crippen LogP contribution in [0, 0.1) is 0 Å². The van der Waals surface area contributed by atoms with E-state index < -0.39 is 9.84 Å². The second-order valence-electron chi connectivity index (χ2n) is 7.66. The summed E-state index contributed by atoms with van der Waals surface area (Å²) in [5.41, 5.74) is 1.57. The SMILES string of the molecule is CC[C@@H](C)N(C(=O)COc1ccc2oc3ccccc3c2c1)[C@H]1CCS(=O)(=O)C1.